The summed E-state index contributed by atoms with van der Waals surface area (Å²) in [4.78, 5) is 11.7. The van der Waals surface area contributed by atoms with E-state index in [1.54, 1.807) is 13.0 Å². The molecule has 2 aromatic carbocycles. The number of anilines is 3. The fourth-order valence-electron chi connectivity index (χ4n) is 2.45. The Morgan fingerprint density at radius 1 is 1.21 bits per heavy atom. The van der Waals surface area contributed by atoms with Crippen molar-refractivity contribution in [1.29, 1.82) is 0 Å². The zero-order valence-electron chi connectivity index (χ0n) is 13.6. The van der Waals surface area contributed by atoms with E-state index in [0.717, 1.165) is 17.8 Å². The van der Waals surface area contributed by atoms with Gasteiger partial charge < -0.3 is 20.7 Å². The highest BCUT2D eigenvalue weighted by Gasteiger charge is 2.23. The van der Waals surface area contributed by atoms with Crippen molar-refractivity contribution < 1.29 is 9.53 Å². The lowest BCUT2D eigenvalue weighted by Gasteiger charge is -2.24. The van der Waals surface area contributed by atoms with Crippen LogP contribution in [0.5, 0.6) is 5.75 Å². The van der Waals surface area contributed by atoms with E-state index in [4.69, 9.17) is 17.0 Å². The third-order valence-corrected chi connectivity index (χ3v) is 3.97. The molecular weight excluding hydrogens is 322 g/mol. The number of rotatable bonds is 3. The summed E-state index contributed by atoms with van der Waals surface area (Å²) >= 11 is 5.35. The van der Waals surface area contributed by atoms with Crippen LogP contribution in [-0.2, 0) is 11.2 Å². The maximum absolute atomic E-state index is 11.7. The molecule has 0 radical (unpaired) electrons. The van der Waals surface area contributed by atoms with Crippen LogP contribution >= 0.6 is 12.2 Å². The first-order chi connectivity index (χ1) is 11.5. The van der Waals surface area contributed by atoms with E-state index in [-0.39, 0.29) is 5.91 Å². The Kier molecular flexibility index (Phi) is 4.66. The lowest BCUT2D eigenvalue weighted by atomic mass is 10.1. The molecule has 0 bridgehead atoms. The van der Waals surface area contributed by atoms with E-state index in [1.807, 2.05) is 24.3 Å². The molecule has 0 unspecified atom stereocenters. The van der Waals surface area contributed by atoms with Crippen molar-refractivity contribution >= 4 is 40.3 Å². The second-order valence-corrected chi connectivity index (χ2v) is 6.00. The fourth-order valence-corrected chi connectivity index (χ4v) is 2.68. The van der Waals surface area contributed by atoms with Crippen LogP contribution in [0.25, 0.3) is 0 Å². The minimum absolute atomic E-state index is 0.156. The Hall–Kier alpha value is -2.60. The summed E-state index contributed by atoms with van der Waals surface area (Å²) < 4.78 is 5.54. The molecule has 1 aliphatic rings. The molecule has 0 aromatic heterocycles. The predicted molar refractivity (Wildman–Crippen MR) is 101 cm³/mol. The smallest absolute Gasteiger partial charge is 0.265 e. The predicted octanol–water partition coefficient (Wildman–Crippen LogP) is 3.78. The molecule has 1 amide bonds. The van der Waals surface area contributed by atoms with E-state index >= 15 is 0 Å². The number of fused-ring (bicyclic) bond motifs is 1. The number of thiocarbonyl (C=S) groups is 1. The zero-order chi connectivity index (χ0) is 17.1. The van der Waals surface area contributed by atoms with Crippen LogP contribution < -0.4 is 20.7 Å². The summed E-state index contributed by atoms with van der Waals surface area (Å²) in [6.45, 7) is 3.83. The van der Waals surface area contributed by atoms with Gasteiger partial charge in [0.1, 0.15) is 5.75 Å². The highest BCUT2D eigenvalue weighted by Crippen LogP contribution is 2.32. The normalized spacial score (nSPS) is 15.8. The molecule has 0 saturated heterocycles. The van der Waals surface area contributed by atoms with Crippen molar-refractivity contribution in [2.24, 2.45) is 0 Å². The molecule has 0 fully saturated rings. The molecule has 1 atom stereocenters. The number of nitrogens with one attached hydrogen (secondary N) is 3. The van der Waals surface area contributed by atoms with Crippen LogP contribution in [0.3, 0.4) is 0 Å². The first kappa shape index (κ1) is 16.3. The van der Waals surface area contributed by atoms with Crippen LogP contribution in [0, 0.1) is 0 Å². The molecule has 3 N–H and O–H groups in total. The molecule has 1 aliphatic heterocycles. The second kappa shape index (κ2) is 6.88. The Labute approximate surface area is 146 Å². The largest absolute Gasteiger partial charge is 0.479 e. The molecule has 2 aromatic rings. The van der Waals surface area contributed by atoms with Gasteiger partial charge in [-0.05, 0) is 61.5 Å². The molecule has 1 heterocycles. The number of ether oxygens (including phenoxy) is 1. The molecule has 6 heteroatoms. The number of hydrogen-bond acceptors (Lipinski definition) is 3. The number of hydrogen-bond donors (Lipinski definition) is 3. The van der Waals surface area contributed by atoms with Gasteiger partial charge in [-0.2, -0.15) is 0 Å². The highest BCUT2D eigenvalue weighted by atomic mass is 32.1. The van der Waals surface area contributed by atoms with E-state index in [0.29, 0.717) is 16.5 Å². The summed E-state index contributed by atoms with van der Waals surface area (Å²) in [5, 5.41) is 9.59. The first-order valence-electron chi connectivity index (χ1n) is 7.83. The molecule has 5 nitrogen and oxygen atoms in total. The number of carbonyl (C=O) groups is 1. The van der Waals surface area contributed by atoms with Gasteiger partial charge in [-0.25, -0.2) is 0 Å². The summed E-state index contributed by atoms with van der Waals surface area (Å²) in [5.41, 5.74) is 3.59. The molecule has 24 heavy (non-hydrogen) atoms. The van der Waals surface area contributed by atoms with Crippen LogP contribution in [0.1, 0.15) is 19.4 Å². The summed E-state index contributed by atoms with van der Waals surface area (Å²) in [5.74, 6) is 0.499. The van der Waals surface area contributed by atoms with Gasteiger partial charge in [-0.1, -0.05) is 19.1 Å². The van der Waals surface area contributed by atoms with Crippen molar-refractivity contribution in [3.63, 3.8) is 0 Å². The lowest BCUT2D eigenvalue weighted by molar-refractivity contribution is -0.122. The molecule has 0 aliphatic carbocycles. The minimum atomic E-state index is -0.482. The third-order valence-electron chi connectivity index (χ3n) is 3.76. The quantitative estimate of drug-likeness (QED) is 0.742. The summed E-state index contributed by atoms with van der Waals surface area (Å²) in [6.07, 6.45) is 0.489. The Morgan fingerprint density at radius 2 is 1.96 bits per heavy atom. The van der Waals surface area contributed by atoms with Crippen molar-refractivity contribution in [1.82, 2.24) is 0 Å². The fraction of sp³-hybridized carbons (Fsp3) is 0.222. The summed E-state index contributed by atoms with van der Waals surface area (Å²) in [6, 6.07) is 13.6. The highest BCUT2D eigenvalue weighted by molar-refractivity contribution is 7.80. The maximum Gasteiger partial charge on any atom is 0.265 e. The molecule has 0 spiro atoms. The lowest BCUT2D eigenvalue weighted by Crippen LogP contribution is -2.34. The van der Waals surface area contributed by atoms with E-state index in [2.05, 4.69) is 35.0 Å². The van der Waals surface area contributed by atoms with Gasteiger partial charge in [0.05, 0.1) is 5.69 Å². The number of amides is 1. The third kappa shape index (κ3) is 3.65. The van der Waals surface area contributed by atoms with Crippen molar-refractivity contribution in [2.75, 3.05) is 16.0 Å². The average molecular weight is 341 g/mol. The number of benzene rings is 2. The minimum Gasteiger partial charge on any atom is -0.479 e. The number of aryl methyl sites for hydroxylation is 1. The van der Waals surface area contributed by atoms with E-state index < -0.39 is 6.10 Å². The monoisotopic (exact) mass is 341 g/mol. The number of carbonyl (C=O) groups excluding carboxylic acids is 1. The van der Waals surface area contributed by atoms with Gasteiger partial charge in [0.25, 0.3) is 5.91 Å². The standard InChI is InChI=1S/C18H19N3O2S/c1-3-12-5-4-6-13(9-12)19-18(24)20-14-7-8-16-15(10-14)21-17(22)11(2)23-16/h4-11H,3H2,1-2H3,(H,21,22)(H2,19,20,24)/t11-/m0/s1. The van der Waals surface area contributed by atoms with Gasteiger partial charge in [0.2, 0.25) is 0 Å². The SMILES string of the molecule is CCc1cccc(NC(=S)Nc2ccc3c(c2)NC(=O)[C@H](C)O3)c1. The Bertz CT molecular complexity index is 792. The van der Waals surface area contributed by atoms with Crippen LogP contribution in [0.2, 0.25) is 0 Å². The molecule has 3 rings (SSSR count). The Balaban J connectivity index is 1.68. The van der Waals surface area contributed by atoms with Crippen molar-refractivity contribution in [2.45, 2.75) is 26.4 Å². The van der Waals surface area contributed by atoms with Crippen LogP contribution in [0.15, 0.2) is 42.5 Å². The maximum atomic E-state index is 11.7. The average Bonchev–Trinajstić information content (AvgIpc) is 2.56. The van der Waals surface area contributed by atoms with Gasteiger partial charge in [0.15, 0.2) is 11.2 Å². The topological polar surface area (TPSA) is 62.4 Å². The van der Waals surface area contributed by atoms with Crippen LogP contribution in [0.4, 0.5) is 17.1 Å². The molecule has 124 valence electrons. The van der Waals surface area contributed by atoms with Crippen molar-refractivity contribution in [3.8, 4) is 5.75 Å². The molecule has 0 saturated carbocycles. The zero-order valence-corrected chi connectivity index (χ0v) is 14.4. The Morgan fingerprint density at radius 3 is 2.71 bits per heavy atom. The first-order valence-corrected chi connectivity index (χ1v) is 8.24. The van der Waals surface area contributed by atoms with Gasteiger partial charge in [-0.15, -0.1) is 0 Å². The molecular formula is C18H19N3O2S. The van der Waals surface area contributed by atoms with Gasteiger partial charge in [0, 0.05) is 11.4 Å². The van der Waals surface area contributed by atoms with Gasteiger partial charge >= 0.3 is 0 Å². The van der Waals surface area contributed by atoms with E-state index in [9.17, 15) is 4.79 Å². The van der Waals surface area contributed by atoms with Gasteiger partial charge in [-0.3, -0.25) is 4.79 Å². The van der Waals surface area contributed by atoms with E-state index in [1.165, 1.54) is 5.56 Å². The summed E-state index contributed by atoms with van der Waals surface area (Å²) in [7, 11) is 0. The van der Waals surface area contributed by atoms with Crippen LogP contribution in [-0.4, -0.2) is 17.1 Å². The second-order valence-electron chi connectivity index (χ2n) is 5.59. The van der Waals surface area contributed by atoms with Crippen molar-refractivity contribution in [3.05, 3.63) is 48.0 Å².